The highest BCUT2D eigenvalue weighted by atomic mass is 79.9. The number of alkyl halides is 3. The molecule has 1 aromatic carbocycles. The Kier molecular flexibility index (Phi) is 4.64. The zero-order valence-corrected chi connectivity index (χ0v) is 13.1. The molecule has 0 unspecified atom stereocenters. The van der Waals surface area contributed by atoms with E-state index in [1.54, 1.807) is 12.1 Å². The first kappa shape index (κ1) is 15.6. The molecule has 0 N–H and O–H groups in total. The molecular formula is C14H18BrF3N2. The van der Waals surface area contributed by atoms with Gasteiger partial charge in [0, 0.05) is 29.3 Å². The third-order valence-corrected chi connectivity index (χ3v) is 4.29. The summed E-state index contributed by atoms with van der Waals surface area (Å²) in [6.45, 7) is 1.32. The van der Waals surface area contributed by atoms with Gasteiger partial charge in [-0.3, -0.25) is 0 Å². The highest BCUT2D eigenvalue weighted by Gasteiger charge is 2.35. The first-order chi connectivity index (χ1) is 9.29. The first-order valence-electron chi connectivity index (χ1n) is 6.57. The number of nitrogens with zero attached hydrogens (tertiary/aromatic N) is 2. The lowest BCUT2D eigenvalue weighted by atomic mass is 10.0. The molecule has 1 aliphatic rings. The van der Waals surface area contributed by atoms with E-state index in [0.717, 1.165) is 18.9 Å². The highest BCUT2D eigenvalue weighted by molar-refractivity contribution is 9.10. The standard InChI is InChI=1S/C14H18BrF3N2/c1-19(2)11-5-7-20(8-6-11)13-4-3-10(15)9-12(13)14(16,17)18/h3-4,9,11H,5-8H2,1-2H3. The van der Waals surface area contributed by atoms with Crippen molar-refractivity contribution < 1.29 is 13.2 Å². The van der Waals surface area contributed by atoms with Crippen LogP contribution in [0.5, 0.6) is 0 Å². The smallest absolute Gasteiger partial charge is 0.371 e. The summed E-state index contributed by atoms with van der Waals surface area (Å²) in [7, 11) is 4.03. The fourth-order valence-corrected chi connectivity index (χ4v) is 3.00. The van der Waals surface area contributed by atoms with E-state index in [0.29, 0.717) is 23.6 Å². The maximum absolute atomic E-state index is 13.1. The molecule has 2 rings (SSSR count). The Morgan fingerprint density at radius 1 is 1.20 bits per heavy atom. The predicted octanol–water partition coefficient (Wildman–Crippen LogP) is 4.00. The molecule has 20 heavy (non-hydrogen) atoms. The van der Waals surface area contributed by atoms with E-state index in [2.05, 4.69) is 20.8 Å². The van der Waals surface area contributed by atoms with Crippen LogP contribution in [0.4, 0.5) is 18.9 Å². The van der Waals surface area contributed by atoms with Crippen LogP contribution in [0.15, 0.2) is 22.7 Å². The van der Waals surface area contributed by atoms with Gasteiger partial charge in [0.15, 0.2) is 0 Å². The molecule has 1 heterocycles. The molecule has 0 bridgehead atoms. The lowest BCUT2D eigenvalue weighted by molar-refractivity contribution is -0.137. The average Bonchev–Trinajstić information content (AvgIpc) is 2.38. The van der Waals surface area contributed by atoms with Crippen LogP contribution in [0.1, 0.15) is 18.4 Å². The van der Waals surface area contributed by atoms with Gasteiger partial charge in [-0.1, -0.05) is 15.9 Å². The first-order valence-corrected chi connectivity index (χ1v) is 7.36. The van der Waals surface area contributed by atoms with Crippen molar-refractivity contribution >= 4 is 21.6 Å². The molecule has 0 radical (unpaired) electrons. The summed E-state index contributed by atoms with van der Waals surface area (Å²) < 4.78 is 39.9. The van der Waals surface area contributed by atoms with Crippen molar-refractivity contribution in [3.8, 4) is 0 Å². The highest BCUT2D eigenvalue weighted by Crippen LogP contribution is 2.39. The minimum absolute atomic E-state index is 0.290. The lowest BCUT2D eigenvalue weighted by Crippen LogP contribution is -2.42. The van der Waals surface area contributed by atoms with Crippen LogP contribution < -0.4 is 4.90 Å². The quantitative estimate of drug-likeness (QED) is 0.795. The maximum atomic E-state index is 13.1. The lowest BCUT2D eigenvalue weighted by Gasteiger charge is -2.37. The summed E-state index contributed by atoms with van der Waals surface area (Å²) in [5.74, 6) is 0. The molecule has 2 nitrogen and oxygen atoms in total. The van der Waals surface area contributed by atoms with Crippen LogP contribution >= 0.6 is 15.9 Å². The molecule has 0 aliphatic carbocycles. The molecule has 1 aliphatic heterocycles. The Labute approximate surface area is 125 Å². The fraction of sp³-hybridized carbons (Fsp3) is 0.571. The van der Waals surface area contributed by atoms with Crippen LogP contribution in [-0.4, -0.2) is 38.1 Å². The van der Waals surface area contributed by atoms with Crippen LogP contribution in [0.3, 0.4) is 0 Å². The summed E-state index contributed by atoms with van der Waals surface area (Å²) in [6.07, 6.45) is -2.54. The van der Waals surface area contributed by atoms with Crippen molar-refractivity contribution in [3.05, 3.63) is 28.2 Å². The Balaban J connectivity index is 2.22. The number of rotatable bonds is 2. The van der Waals surface area contributed by atoms with E-state index >= 15 is 0 Å². The van der Waals surface area contributed by atoms with E-state index in [4.69, 9.17) is 0 Å². The van der Waals surface area contributed by atoms with E-state index in [1.165, 1.54) is 0 Å². The summed E-state index contributed by atoms with van der Waals surface area (Å²) in [5, 5.41) is 0. The van der Waals surface area contributed by atoms with Crippen LogP contribution in [-0.2, 0) is 6.18 Å². The van der Waals surface area contributed by atoms with Gasteiger partial charge in [-0.15, -0.1) is 0 Å². The summed E-state index contributed by atoms with van der Waals surface area (Å²) in [5.41, 5.74) is -0.270. The van der Waals surface area contributed by atoms with Crippen molar-refractivity contribution in [2.75, 3.05) is 32.1 Å². The van der Waals surface area contributed by atoms with Crippen LogP contribution in [0.2, 0.25) is 0 Å². The topological polar surface area (TPSA) is 6.48 Å². The van der Waals surface area contributed by atoms with E-state index in [1.807, 2.05) is 19.0 Å². The van der Waals surface area contributed by atoms with Crippen LogP contribution in [0, 0.1) is 0 Å². The zero-order valence-electron chi connectivity index (χ0n) is 11.5. The number of hydrogen-bond donors (Lipinski definition) is 0. The van der Waals surface area contributed by atoms with Gasteiger partial charge in [-0.2, -0.15) is 13.2 Å². The molecule has 0 spiro atoms. The van der Waals surface area contributed by atoms with Crippen molar-refractivity contribution in [1.82, 2.24) is 4.90 Å². The number of anilines is 1. The molecule has 1 fully saturated rings. The average molecular weight is 351 g/mol. The Morgan fingerprint density at radius 2 is 1.80 bits per heavy atom. The van der Waals surface area contributed by atoms with Gasteiger partial charge in [0.25, 0.3) is 0 Å². The van der Waals surface area contributed by atoms with Crippen molar-refractivity contribution in [2.45, 2.75) is 25.1 Å². The van der Waals surface area contributed by atoms with Crippen molar-refractivity contribution in [3.63, 3.8) is 0 Å². The maximum Gasteiger partial charge on any atom is 0.418 e. The SMILES string of the molecule is CN(C)C1CCN(c2ccc(Br)cc2C(F)(F)F)CC1. The second-order valence-corrected chi connectivity index (χ2v) is 6.26. The molecule has 112 valence electrons. The summed E-state index contributed by atoms with van der Waals surface area (Å²) >= 11 is 3.12. The van der Waals surface area contributed by atoms with E-state index in [-0.39, 0.29) is 5.69 Å². The summed E-state index contributed by atoms with van der Waals surface area (Å²) in [4.78, 5) is 3.98. The molecule has 0 saturated carbocycles. The van der Waals surface area contributed by atoms with Crippen LogP contribution in [0.25, 0.3) is 0 Å². The van der Waals surface area contributed by atoms with Gasteiger partial charge in [0.05, 0.1) is 5.56 Å². The molecule has 0 amide bonds. The van der Waals surface area contributed by atoms with Gasteiger partial charge in [0.2, 0.25) is 0 Å². The van der Waals surface area contributed by atoms with Gasteiger partial charge in [-0.25, -0.2) is 0 Å². The zero-order chi connectivity index (χ0) is 14.9. The molecule has 0 aromatic heterocycles. The number of halogens is 4. The largest absolute Gasteiger partial charge is 0.418 e. The molecule has 1 aromatic rings. The molecule has 0 atom stereocenters. The van der Waals surface area contributed by atoms with Gasteiger partial charge in [0.1, 0.15) is 0 Å². The normalized spacial score (nSPS) is 17.9. The monoisotopic (exact) mass is 350 g/mol. The Bertz CT molecular complexity index is 466. The minimum Gasteiger partial charge on any atom is -0.371 e. The third kappa shape index (κ3) is 3.47. The Hall–Kier alpha value is -0.750. The number of benzene rings is 1. The fourth-order valence-electron chi connectivity index (χ4n) is 2.63. The number of hydrogen-bond acceptors (Lipinski definition) is 2. The molecular weight excluding hydrogens is 333 g/mol. The second-order valence-electron chi connectivity index (χ2n) is 5.34. The van der Waals surface area contributed by atoms with Gasteiger partial charge in [-0.05, 0) is 45.1 Å². The van der Waals surface area contributed by atoms with Gasteiger partial charge < -0.3 is 9.80 Å². The van der Waals surface area contributed by atoms with Crippen molar-refractivity contribution in [1.29, 1.82) is 0 Å². The van der Waals surface area contributed by atoms with Gasteiger partial charge >= 0.3 is 6.18 Å². The second kappa shape index (κ2) is 5.93. The minimum atomic E-state index is -4.32. The van der Waals surface area contributed by atoms with Crippen molar-refractivity contribution in [2.24, 2.45) is 0 Å². The summed E-state index contributed by atoms with van der Waals surface area (Å²) in [6, 6.07) is 4.84. The van der Waals surface area contributed by atoms with E-state index in [9.17, 15) is 13.2 Å². The molecule has 1 saturated heterocycles. The third-order valence-electron chi connectivity index (χ3n) is 3.80. The Morgan fingerprint density at radius 3 is 2.30 bits per heavy atom. The predicted molar refractivity (Wildman–Crippen MR) is 78.1 cm³/mol. The molecule has 6 heteroatoms. The number of piperidine rings is 1. The van der Waals surface area contributed by atoms with E-state index < -0.39 is 11.7 Å².